The smallest absolute Gasteiger partial charge is 0.123 e. The van der Waals surface area contributed by atoms with E-state index in [1.165, 1.54) is 37.8 Å². The molecule has 1 aromatic rings. The van der Waals surface area contributed by atoms with Crippen molar-refractivity contribution in [3.8, 4) is 0 Å². The normalized spacial score (nSPS) is 25.1. The molecule has 1 aliphatic carbocycles. The van der Waals surface area contributed by atoms with E-state index in [0.717, 1.165) is 5.69 Å². The number of anilines is 1. The number of hydrogen-bond donors (Lipinski definition) is 1. The van der Waals surface area contributed by atoms with Crippen LogP contribution in [0, 0.1) is 11.7 Å². The van der Waals surface area contributed by atoms with Gasteiger partial charge in [0.05, 0.1) is 6.10 Å². The Morgan fingerprint density at radius 3 is 2.63 bits per heavy atom. The lowest BCUT2D eigenvalue weighted by Gasteiger charge is -2.38. The summed E-state index contributed by atoms with van der Waals surface area (Å²) in [6.45, 7) is 3.97. The third-order valence-corrected chi connectivity index (χ3v) is 4.38. The summed E-state index contributed by atoms with van der Waals surface area (Å²) in [4.78, 5) is 2.23. The molecule has 1 aromatic carbocycles. The molecule has 0 saturated heterocycles. The number of nitrogens with zero attached hydrogens (tertiary/aromatic N) is 1. The van der Waals surface area contributed by atoms with Crippen molar-refractivity contribution in [3.05, 3.63) is 29.6 Å². The molecule has 1 saturated carbocycles. The summed E-state index contributed by atoms with van der Waals surface area (Å²) in [5.74, 6) is 0.357. The molecular formula is C16H24FNO. The highest BCUT2D eigenvalue weighted by Gasteiger charge is 2.26. The van der Waals surface area contributed by atoms with Crippen LogP contribution in [0.4, 0.5) is 10.1 Å². The lowest BCUT2D eigenvalue weighted by molar-refractivity contribution is 0.198. The Balaban J connectivity index is 2.29. The largest absolute Gasteiger partial charge is 0.389 e. The zero-order valence-corrected chi connectivity index (χ0v) is 12.1. The van der Waals surface area contributed by atoms with E-state index in [4.69, 9.17) is 0 Å². The van der Waals surface area contributed by atoms with Gasteiger partial charge in [-0.1, -0.05) is 19.8 Å². The molecule has 0 spiro atoms. The molecule has 19 heavy (non-hydrogen) atoms. The van der Waals surface area contributed by atoms with Crippen molar-refractivity contribution >= 4 is 5.69 Å². The highest BCUT2D eigenvalue weighted by Crippen LogP contribution is 2.34. The number of rotatable bonds is 3. The Morgan fingerprint density at radius 1 is 1.32 bits per heavy atom. The molecule has 2 nitrogen and oxygen atoms in total. The molecule has 0 bridgehead atoms. The van der Waals surface area contributed by atoms with Gasteiger partial charge in [-0.25, -0.2) is 4.39 Å². The van der Waals surface area contributed by atoms with Crippen LogP contribution in [0.5, 0.6) is 0 Å². The van der Waals surface area contributed by atoms with E-state index in [2.05, 4.69) is 18.9 Å². The van der Waals surface area contributed by atoms with Crippen LogP contribution in [0.1, 0.15) is 51.2 Å². The Labute approximate surface area is 115 Å². The Kier molecular flexibility index (Phi) is 4.46. The quantitative estimate of drug-likeness (QED) is 0.896. The molecule has 3 heteroatoms. The summed E-state index contributed by atoms with van der Waals surface area (Å²) in [7, 11) is 2.06. The zero-order valence-electron chi connectivity index (χ0n) is 12.1. The summed E-state index contributed by atoms with van der Waals surface area (Å²) in [6, 6.07) is 5.20. The van der Waals surface area contributed by atoms with Gasteiger partial charge in [0.2, 0.25) is 0 Å². The van der Waals surface area contributed by atoms with Gasteiger partial charge in [0.25, 0.3) is 0 Å². The van der Waals surface area contributed by atoms with Crippen molar-refractivity contribution in [2.45, 2.75) is 51.7 Å². The fourth-order valence-electron chi connectivity index (χ4n) is 3.23. The van der Waals surface area contributed by atoms with Gasteiger partial charge in [0, 0.05) is 24.3 Å². The zero-order chi connectivity index (χ0) is 14.0. The van der Waals surface area contributed by atoms with Crippen LogP contribution in [0.3, 0.4) is 0 Å². The predicted molar refractivity (Wildman–Crippen MR) is 76.9 cm³/mol. The van der Waals surface area contributed by atoms with Gasteiger partial charge in [-0.15, -0.1) is 0 Å². The molecule has 1 aliphatic rings. The summed E-state index contributed by atoms with van der Waals surface area (Å²) in [5, 5.41) is 9.85. The second-order valence-electron chi connectivity index (χ2n) is 5.82. The van der Waals surface area contributed by atoms with Crippen molar-refractivity contribution in [3.63, 3.8) is 0 Å². The average Bonchev–Trinajstić information content (AvgIpc) is 2.38. The van der Waals surface area contributed by atoms with Crippen LogP contribution in [-0.2, 0) is 0 Å². The van der Waals surface area contributed by atoms with Crippen LogP contribution in [0.2, 0.25) is 0 Å². The van der Waals surface area contributed by atoms with Crippen molar-refractivity contribution in [2.75, 3.05) is 11.9 Å². The van der Waals surface area contributed by atoms with E-state index in [1.807, 2.05) is 0 Å². The molecule has 106 valence electrons. The fourth-order valence-corrected chi connectivity index (χ4v) is 3.23. The van der Waals surface area contributed by atoms with E-state index in [-0.39, 0.29) is 5.82 Å². The van der Waals surface area contributed by atoms with Crippen LogP contribution >= 0.6 is 0 Å². The maximum Gasteiger partial charge on any atom is 0.123 e. The summed E-state index contributed by atoms with van der Waals surface area (Å²) < 4.78 is 13.4. The van der Waals surface area contributed by atoms with E-state index >= 15 is 0 Å². The molecule has 1 fully saturated rings. The van der Waals surface area contributed by atoms with Crippen molar-refractivity contribution in [1.82, 2.24) is 0 Å². The Hall–Kier alpha value is -1.09. The van der Waals surface area contributed by atoms with Gasteiger partial charge >= 0.3 is 0 Å². The lowest BCUT2D eigenvalue weighted by Crippen LogP contribution is -2.39. The Morgan fingerprint density at radius 2 is 2.00 bits per heavy atom. The van der Waals surface area contributed by atoms with E-state index in [9.17, 15) is 9.50 Å². The molecule has 0 heterocycles. The molecule has 0 aromatic heterocycles. The van der Waals surface area contributed by atoms with Gasteiger partial charge in [-0.2, -0.15) is 0 Å². The van der Waals surface area contributed by atoms with Crippen molar-refractivity contribution in [1.29, 1.82) is 0 Å². The number of aliphatic hydroxyl groups is 1. The summed E-state index contributed by atoms with van der Waals surface area (Å²) in [5.41, 5.74) is 1.63. The van der Waals surface area contributed by atoms with Gasteiger partial charge in [0.15, 0.2) is 0 Å². The maximum atomic E-state index is 13.4. The predicted octanol–water partition coefficient (Wildman–Crippen LogP) is 3.89. The highest BCUT2D eigenvalue weighted by molar-refractivity contribution is 5.55. The standard InChI is InChI=1S/C16H24FNO/c1-11-6-4-5-7-15(11)18(3)16-9-8-13(17)10-14(16)12(2)19/h8-12,15,19H,4-7H2,1-3H3/t11?,12-,15?/m1/s1. The van der Waals surface area contributed by atoms with Crippen LogP contribution < -0.4 is 4.90 Å². The van der Waals surface area contributed by atoms with Gasteiger partial charge in [-0.05, 0) is 43.9 Å². The molecule has 0 aliphatic heterocycles. The number of aliphatic hydroxyl groups excluding tert-OH is 1. The molecule has 0 radical (unpaired) electrons. The van der Waals surface area contributed by atoms with Crippen LogP contribution in [-0.4, -0.2) is 18.2 Å². The lowest BCUT2D eigenvalue weighted by atomic mass is 9.84. The van der Waals surface area contributed by atoms with E-state index in [1.54, 1.807) is 13.0 Å². The molecule has 0 amide bonds. The summed E-state index contributed by atoms with van der Waals surface area (Å²) >= 11 is 0. The first-order chi connectivity index (χ1) is 9.00. The number of benzene rings is 1. The van der Waals surface area contributed by atoms with Crippen molar-refractivity contribution in [2.24, 2.45) is 5.92 Å². The van der Waals surface area contributed by atoms with Gasteiger partial charge < -0.3 is 10.0 Å². The first kappa shape index (κ1) is 14.3. The van der Waals surface area contributed by atoms with Crippen LogP contribution in [0.25, 0.3) is 0 Å². The van der Waals surface area contributed by atoms with Crippen LogP contribution in [0.15, 0.2) is 18.2 Å². The number of halogens is 1. The molecule has 2 unspecified atom stereocenters. The topological polar surface area (TPSA) is 23.5 Å². The maximum absolute atomic E-state index is 13.4. The second-order valence-corrected chi connectivity index (χ2v) is 5.82. The molecular weight excluding hydrogens is 241 g/mol. The minimum atomic E-state index is -0.646. The first-order valence-corrected chi connectivity index (χ1v) is 7.21. The molecule has 2 rings (SSSR count). The average molecular weight is 265 g/mol. The fraction of sp³-hybridized carbons (Fsp3) is 0.625. The van der Waals surface area contributed by atoms with Crippen molar-refractivity contribution < 1.29 is 9.50 Å². The third kappa shape index (κ3) is 3.08. The minimum Gasteiger partial charge on any atom is -0.389 e. The molecule has 3 atom stereocenters. The first-order valence-electron chi connectivity index (χ1n) is 7.21. The third-order valence-electron chi connectivity index (χ3n) is 4.38. The molecule has 1 N–H and O–H groups in total. The minimum absolute atomic E-state index is 0.287. The van der Waals surface area contributed by atoms with E-state index in [0.29, 0.717) is 17.5 Å². The Bertz CT molecular complexity index is 433. The number of hydrogen-bond acceptors (Lipinski definition) is 2. The van der Waals surface area contributed by atoms with Gasteiger partial charge in [0.1, 0.15) is 5.82 Å². The second kappa shape index (κ2) is 5.91. The SMILES string of the molecule is CC1CCCCC1N(C)c1ccc(F)cc1[C@@H](C)O. The highest BCUT2D eigenvalue weighted by atomic mass is 19.1. The monoisotopic (exact) mass is 265 g/mol. The van der Waals surface area contributed by atoms with E-state index < -0.39 is 6.10 Å². The summed E-state index contributed by atoms with van der Waals surface area (Å²) in [6.07, 6.45) is 4.34. The van der Waals surface area contributed by atoms with Gasteiger partial charge in [-0.3, -0.25) is 0 Å².